The molecular formula is C21H20N2O. The van der Waals surface area contributed by atoms with Gasteiger partial charge in [0.15, 0.2) is 0 Å². The van der Waals surface area contributed by atoms with Crippen LogP contribution in [0.2, 0.25) is 0 Å². The smallest absolute Gasteiger partial charge is 0.271 e. The molecule has 0 aliphatic carbocycles. The molecular weight excluding hydrogens is 296 g/mol. The van der Waals surface area contributed by atoms with Gasteiger partial charge in [0.05, 0.1) is 0 Å². The van der Waals surface area contributed by atoms with E-state index in [9.17, 15) is 4.79 Å². The van der Waals surface area contributed by atoms with Gasteiger partial charge >= 0.3 is 0 Å². The molecule has 1 amide bonds. The number of aromatic nitrogens is 1. The molecule has 0 saturated carbocycles. The van der Waals surface area contributed by atoms with Crippen LogP contribution in [-0.2, 0) is 6.54 Å². The summed E-state index contributed by atoms with van der Waals surface area (Å²) in [5.41, 5.74) is 6.30. The first-order valence-corrected chi connectivity index (χ1v) is 8.27. The second-order valence-corrected chi connectivity index (χ2v) is 6.54. The Bertz CT molecular complexity index is 961. The minimum Gasteiger partial charge on any atom is -0.350 e. The van der Waals surface area contributed by atoms with Crippen molar-refractivity contribution in [3.05, 3.63) is 71.4 Å². The second-order valence-electron chi connectivity index (χ2n) is 6.54. The van der Waals surface area contributed by atoms with Crippen molar-refractivity contribution in [3.63, 3.8) is 0 Å². The maximum absolute atomic E-state index is 13.2. The molecule has 4 rings (SSSR count). The Morgan fingerprint density at radius 2 is 1.88 bits per heavy atom. The summed E-state index contributed by atoms with van der Waals surface area (Å²) >= 11 is 0. The number of aromatic amines is 1. The van der Waals surface area contributed by atoms with Gasteiger partial charge in [0.2, 0.25) is 0 Å². The minimum atomic E-state index is 0.0647. The normalized spacial score (nSPS) is 13.4. The van der Waals surface area contributed by atoms with Crippen molar-refractivity contribution in [1.82, 2.24) is 9.88 Å². The molecule has 0 spiro atoms. The minimum absolute atomic E-state index is 0.0647. The van der Waals surface area contributed by atoms with Crippen molar-refractivity contribution >= 4 is 16.8 Å². The predicted octanol–water partition coefficient (Wildman–Crippen LogP) is 4.76. The lowest BCUT2D eigenvalue weighted by molar-refractivity contribution is 0.0761. The van der Waals surface area contributed by atoms with E-state index in [1.807, 2.05) is 35.2 Å². The first kappa shape index (κ1) is 14.8. The van der Waals surface area contributed by atoms with E-state index in [4.69, 9.17) is 0 Å². The van der Waals surface area contributed by atoms with E-state index in [2.05, 4.69) is 43.1 Å². The van der Waals surface area contributed by atoms with Gasteiger partial charge in [-0.15, -0.1) is 0 Å². The summed E-state index contributed by atoms with van der Waals surface area (Å²) in [6, 6.07) is 16.5. The first-order valence-electron chi connectivity index (χ1n) is 8.27. The number of benzene rings is 2. The molecule has 0 saturated heterocycles. The predicted molar refractivity (Wildman–Crippen MR) is 97.9 cm³/mol. The molecule has 0 atom stereocenters. The third-order valence-corrected chi connectivity index (χ3v) is 4.57. The maximum atomic E-state index is 13.2. The van der Waals surface area contributed by atoms with Crippen molar-refractivity contribution in [2.45, 2.75) is 20.4 Å². The zero-order valence-corrected chi connectivity index (χ0v) is 14.0. The fourth-order valence-electron chi connectivity index (χ4n) is 3.36. The summed E-state index contributed by atoms with van der Waals surface area (Å²) in [6.45, 7) is 5.38. The molecule has 3 aromatic rings. The van der Waals surface area contributed by atoms with Crippen LogP contribution in [0.3, 0.4) is 0 Å². The number of para-hydroxylation sites is 1. The summed E-state index contributed by atoms with van der Waals surface area (Å²) in [7, 11) is 0. The van der Waals surface area contributed by atoms with Gasteiger partial charge < -0.3 is 9.88 Å². The van der Waals surface area contributed by atoms with Gasteiger partial charge in [-0.05, 0) is 31.0 Å². The van der Waals surface area contributed by atoms with Crippen LogP contribution >= 0.6 is 0 Å². The Labute approximate surface area is 141 Å². The van der Waals surface area contributed by atoms with Crippen molar-refractivity contribution in [1.29, 1.82) is 0 Å². The third kappa shape index (κ3) is 2.33. The number of hydrogen-bond donors (Lipinski definition) is 1. The fourth-order valence-corrected chi connectivity index (χ4v) is 3.36. The van der Waals surface area contributed by atoms with E-state index in [-0.39, 0.29) is 5.91 Å². The molecule has 0 fully saturated rings. The third-order valence-electron chi connectivity index (χ3n) is 4.57. The van der Waals surface area contributed by atoms with Crippen LogP contribution in [0.1, 0.15) is 29.9 Å². The maximum Gasteiger partial charge on any atom is 0.271 e. The van der Waals surface area contributed by atoms with Crippen LogP contribution in [0.4, 0.5) is 0 Å². The lowest BCUT2D eigenvalue weighted by Crippen LogP contribution is -2.30. The van der Waals surface area contributed by atoms with E-state index >= 15 is 0 Å². The van der Waals surface area contributed by atoms with E-state index in [0.717, 1.165) is 22.0 Å². The highest BCUT2D eigenvalue weighted by Crippen LogP contribution is 2.37. The Kier molecular flexibility index (Phi) is 3.49. The molecule has 0 bridgehead atoms. The van der Waals surface area contributed by atoms with Crippen molar-refractivity contribution in [2.75, 3.05) is 6.54 Å². The number of rotatable bonds is 2. The average molecular weight is 316 g/mol. The number of fused-ring (bicyclic) bond motifs is 5. The number of carbonyl (C=O) groups is 1. The van der Waals surface area contributed by atoms with E-state index < -0.39 is 0 Å². The van der Waals surface area contributed by atoms with Gasteiger partial charge in [-0.2, -0.15) is 0 Å². The van der Waals surface area contributed by atoms with Crippen LogP contribution in [0.5, 0.6) is 0 Å². The second kappa shape index (κ2) is 5.68. The lowest BCUT2D eigenvalue weighted by atomic mass is 9.98. The molecule has 3 nitrogen and oxygen atoms in total. The van der Waals surface area contributed by atoms with Crippen molar-refractivity contribution < 1.29 is 4.79 Å². The Hall–Kier alpha value is -2.81. The van der Waals surface area contributed by atoms with Crippen LogP contribution in [0.25, 0.3) is 22.0 Å². The van der Waals surface area contributed by atoms with Crippen LogP contribution < -0.4 is 0 Å². The summed E-state index contributed by atoms with van der Waals surface area (Å²) < 4.78 is 0. The number of hydrogen-bond acceptors (Lipinski definition) is 1. The Morgan fingerprint density at radius 1 is 1.12 bits per heavy atom. The van der Waals surface area contributed by atoms with Crippen LogP contribution in [0, 0.1) is 0 Å². The molecule has 1 aliphatic rings. The quantitative estimate of drug-likeness (QED) is 0.680. The highest BCUT2D eigenvalue weighted by Gasteiger charge is 2.28. The number of allylic oxidation sites excluding steroid dienone is 1. The molecule has 0 radical (unpaired) electrons. The van der Waals surface area contributed by atoms with Gasteiger partial charge in [0.25, 0.3) is 5.91 Å². The summed E-state index contributed by atoms with van der Waals surface area (Å²) in [4.78, 5) is 18.4. The Balaban J connectivity index is 1.96. The van der Waals surface area contributed by atoms with E-state index in [1.165, 1.54) is 11.1 Å². The number of H-pyrrole nitrogens is 1. The topological polar surface area (TPSA) is 36.1 Å². The highest BCUT2D eigenvalue weighted by atomic mass is 16.2. The van der Waals surface area contributed by atoms with Crippen molar-refractivity contribution in [2.24, 2.45) is 0 Å². The fraction of sp³-hybridized carbons (Fsp3) is 0.190. The zero-order valence-electron chi connectivity index (χ0n) is 14.0. The molecule has 1 N–H and O–H groups in total. The largest absolute Gasteiger partial charge is 0.350 e. The standard InChI is InChI=1S/C21H20N2O/c1-14(2)11-12-23-13-15-7-3-4-8-16(15)19-17-9-5-6-10-18(17)22-20(19)21(23)24/h3-11,22H,12-13H2,1-2H3. The molecule has 120 valence electrons. The number of amides is 1. The zero-order chi connectivity index (χ0) is 16.7. The molecule has 0 unspecified atom stereocenters. The monoisotopic (exact) mass is 316 g/mol. The summed E-state index contributed by atoms with van der Waals surface area (Å²) in [5.74, 6) is 0.0647. The lowest BCUT2D eigenvalue weighted by Gasteiger charge is -2.19. The van der Waals surface area contributed by atoms with Crippen LogP contribution in [-0.4, -0.2) is 22.3 Å². The van der Waals surface area contributed by atoms with Gasteiger partial charge in [0.1, 0.15) is 5.69 Å². The SMILES string of the molecule is CC(C)=CCN1Cc2ccccc2-c2c([nH]c3ccccc23)C1=O. The highest BCUT2D eigenvalue weighted by molar-refractivity contribution is 6.11. The van der Waals surface area contributed by atoms with Gasteiger partial charge in [0, 0.05) is 29.6 Å². The van der Waals surface area contributed by atoms with E-state index in [0.29, 0.717) is 18.8 Å². The Morgan fingerprint density at radius 3 is 2.71 bits per heavy atom. The number of carbonyl (C=O) groups excluding carboxylic acids is 1. The number of nitrogens with one attached hydrogen (secondary N) is 1. The molecule has 3 heteroatoms. The molecule has 24 heavy (non-hydrogen) atoms. The molecule has 1 aliphatic heterocycles. The summed E-state index contributed by atoms with van der Waals surface area (Å²) in [6.07, 6.45) is 2.11. The summed E-state index contributed by atoms with van der Waals surface area (Å²) in [5, 5.41) is 1.11. The first-order chi connectivity index (χ1) is 11.6. The van der Waals surface area contributed by atoms with Gasteiger partial charge in [-0.1, -0.05) is 54.1 Å². The van der Waals surface area contributed by atoms with Gasteiger partial charge in [-0.3, -0.25) is 4.79 Å². The van der Waals surface area contributed by atoms with Gasteiger partial charge in [-0.25, -0.2) is 0 Å². The van der Waals surface area contributed by atoms with E-state index in [1.54, 1.807) is 0 Å². The molecule has 1 aromatic heterocycles. The molecule has 2 heterocycles. The average Bonchev–Trinajstić information content (AvgIpc) is 2.92. The molecule has 2 aromatic carbocycles. The van der Waals surface area contributed by atoms with Crippen molar-refractivity contribution in [3.8, 4) is 11.1 Å². The number of nitrogens with zero attached hydrogens (tertiary/aromatic N) is 1. The van der Waals surface area contributed by atoms with Crippen LogP contribution in [0.15, 0.2) is 60.2 Å².